The van der Waals surface area contributed by atoms with Crippen LogP contribution < -0.4 is 15.9 Å². The molecule has 0 radical (unpaired) electrons. The minimum Gasteiger partial charge on any atom is -0.456 e. The minimum atomic E-state index is -3.07. The number of hydrogen-bond donors (Lipinski definition) is 0. The van der Waals surface area contributed by atoms with E-state index in [2.05, 4.69) is 0 Å². The number of benzene rings is 4. The summed E-state index contributed by atoms with van der Waals surface area (Å²) >= 11 is 1.01. The van der Waals surface area contributed by atoms with Gasteiger partial charge in [-0.15, -0.1) is 0 Å². The van der Waals surface area contributed by atoms with E-state index in [0.717, 1.165) is 27.7 Å². The predicted octanol–water partition coefficient (Wildman–Crippen LogP) is 4.60. The van der Waals surface area contributed by atoms with Crippen molar-refractivity contribution in [3.05, 3.63) is 131 Å². The Morgan fingerprint density at radius 3 is 1.74 bits per heavy atom. The number of ether oxygens (including phenoxy) is 1. The molecule has 1 amide bonds. The molecule has 1 fully saturated rings. The lowest BCUT2D eigenvalue weighted by atomic mass is 10.2. The number of amides is 1. The van der Waals surface area contributed by atoms with Gasteiger partial charge in [-0.1, -0.05) is 103 Å². The third-order valence-corrected chi connectivity index (χ3v) is 12.1. The summed E-state index contributed by atoms with van der Waals surface area (Å²) in [5, 5.41) is 12.9. The Labute approximate surface area is 247 Å². The van der Waals surface area contributed by atoms with E-state index in [1.807, 2.05) is 91.0 Å². The van der Waals surface area contributed by atoms with Crippen molar-refractivity contribution in [2.75, 3.05) is 0 Å². The fraction of sp³-hybridized carbons (Fsp3) is 0.125. The molecule has 5 rings (SSSR count). The zero-order valence-electron chi connectivity index (χ0n) is 22.7. The Balaban J connectivity index is 1.78. The summed E-state index contributed by atoms with van der Waals surface area (Å²) < 4.78 is 5.91. The smallest absolute Gasteiger partial charge is 0.356 e. The van der Waals surface area contributed by atoms with Crippen LogP contribution in [0.5, 0.6) is 0 Å². The highest BCUT2D eigenvalue weighted by Gasteiger charge is 2.48. The average molecular weight is 599 g/mol. The number of rotatable bonds is 9. The van der Waals surface area contributed by atoms with Crippen LogP contribution in [-0.2, 0) is 25.7 Å². The summed E-state index contributed by atoms with van der Waals surface area (Å²) in [6, 6.07) is 34.5. The Hall–Kier alpha value is -4.46. The number of esters is 1. The molecular formula is C32H27N2O6PS. The van der Waals surface area contributed by atoms with Crippen molar-refractivity contribution in [1.82, 2.24) is 4.90 Å². The van der Waals surface area contributed by atoms with Gasteiger partial charge in [0.15, 0.2) is 5.12 Å². The van der Waals surface area contributed by atoms with Crippen LogP contribution in [0.4, 0.5) is 5.69 Å². The summed E-state index contributed by atoms with van der Waals surface area (Å²) in [6.07, 6.45) is 0.113. The van der Waals surface area contributed by atoms with E-state index in [1.165, 1.54) is 36.1 Å². The van der Waals surface area contributed by atoms with Crippen molar-refractivity contribution in [2.45, 2.75) is 25.3 Å². The van der Waals surface area contributed by atoms with Crippen molar-refractivity contribution >= 4 is 62.7 Å². The van der Waals surface area contributed by atoms with E-state index in [1.54, 1.807) is 0 Å². The maximum absolute atomic E-state index is 14.4. The molecule has 42 heavy (non-hydrogen) atoms. The Morgan fingerprint density at radius 1 is 0.857 bits per heavy atom. The van der Waals surface area contributed by atoms with E-state index in [9.17, 15) is 24.5 Å². The van der Waals surface area contributed by atoms with Gasteiger partial charge in [-0.2, -0.15) is 0 Å². The zero-order chi connectivity index (χ0) is 29.7. The van der Waals surface area contributed by atoms with Gasteiger partial charge >= 0.3 is 5.97 Å². The lowest BCUT2D eigenvalue weighted by Gasteiger charge is -2.44. The van der Waals surface area contributed by atoms with Gasteiger partial charge in [0.2, 0.25) is 5.91 Å². The first-order valence-electron chi connectivity index (χ1n) is 13.2. The molecule has 1 saturated heterocycles. The Kier molecular flexibility index (Phi) is 8.71. The largest absolute Gasteiger partial charge is 0.456 e. The Bertz CT molecular complexity index is 1580. The molecule has 1 aliphatic heterocycles. The van der Waals surface area contributed by atoms with Crippen LogP contribution >= 0.6 is 18.6 Å². The lowest BCUT2D eigenvalue weighted by molar-refractivity contribution is -0.384. The number of non-ortho nitro benzene ring substituents is 1. The first-order valence-corrected chi connectivity index (χ1v) is 15.8. The molecule has 0 spiro atoms. The van der Waals surface area contributed by atoms with Crippen molar-refractivity contribution < 1.29 is 24.0 Å². The molecule has 0 aromatic heterocycles. The van der Waals surface area contributed by atoms with Gasteiger partial charge in [0.05, 0.1) is 16.7 Å². The molecule has 0 bridgehead atoms. The molecule has 0 unspecified atom stereocenters. The van der Waals surface area contributed by atoms with Crippen molar-refractivity contribution in [1.29, 1.82) is 0 Å². The number of nitrogens with zero attached hydrogens (tertiary/aromatic N) is 2. The van der Waals surface area contributed by atoms with Crippen molar-refractivity contribution in [3.8, 4) is 0 Å². The minimum absolute atomic E-state index is 0.0743. The van der Waals surface area contributed by atoms with Crippen LogP contribution in [0.2, 0.25) is 0 Å². The SMILES string of the molecule is CC(=O)S[C@@H]1CC(=O)N1C(C(=O)OCc1ccc([N+](=O)[O-])cc1)=P(c1ccccc1)(c1ccccc1)c1ccccc1. The van der Waals surface area contributed by atoms with Crippen LogP contribution in [-0.4, -0.2) is 37.6 Å². The molecule has 0 N–H and O–H groups in total. The summed E-state index contributed by atoms with van der Waals surface area (Å²) in [6.45, 7) is -1.79. The van der Waals surface area contributed by atoms with Crippen LogP contribution in [0.3, 0.4) is 0 Å². The van der Waals surface area contributed by atoms with E-state index in [0.29, 0.717) is 5.56 Å². The third kappa shape index (κ3) is 5.66. The maximum Gasteiger partial charge on any atom is 0.356 e. The number of nitro groups is 1. The van der Waals surface area contributed by atoms with Crippen LogP contribution in [0.1, 0.15) is 18.9 Å². The highest BCUT2D eigenvalue weighted by Crippen LogP contribution is 2.49. The molecule has 8 nitrogen and oxygen atoms in total. The predicted molar refractivity (Wildman–Crippen MR) is 167 cm³/mol. The summed E-state index contributed by atoms with van der Waals surface area (Å²) in [4.78, 5) is 52.1. The van der Waals surface area contributed by atoms with E-state index >= 15 is 0 Å². The van der Waals surface area contributed by atoms with Gasteiger partial charge in [0.1, 0.15) is 12.0 Å². The number of likely N-dealkylation sites (tertiary alicyclic amines) is 1. The van der Waals surface area contributed by atoms with Crippen LogP contribution in [0.15, 0.2) is 115 Å². The number of carbonyl (C=O) groups is 3. The van der Waals surface area contributed by atoms with Gasteiger partial charge in [-0.25, -0.2) is 4.79 Å². The first-order chi connectivity index (χ1) is 20.3. The van der Waals surface area contributed by atoms with E-state index in [4.69, 9.17) is 4.74 Å². The molecule has 4 aromatic rings. The second-order valence-corrected chi connectivity index (χ2v) is 14.2. The molecular weight excluding hydrogens is 571 g/mol. The fourth-order valence-electron chi connectivity index (χ4n) is 5.02. The number of nitro benzene ring substituents is 1. The van der Waals surface area contributed by atoms with Crippen LogP contribution in [0.25, 0.3) is 0 Å². The van der Waals surface area contributed by atoms with Gasteiger partial charge < -0.3 is 4.74 Å². The van der Waals surface area contributed by atoms with Gasteiger partial charge in [0.25, 0.3) is 5.69 Å². The normalized spacial score (nSPS) is 14.5. The number of thioether (sulfide) groups is 1. The molecule has 212 valence electrons. The van der Waals surface area contributed by atoms with Gasteiger partial charge in [-0.3, -0.25) is 24.6 Å². The lowest BCUT2D eigenvalue weighted by Crippen LogP contribution is -2.58. The highest BCUT2D eigenvalue weighted by molar-refractivity contribution is 8.14. The molecule has 1 heterocycles. The number of β-lactam (4-membered cyclic amide) rings is 1. The molecule has 1 aliphatic rings. The number of carbonyl (C=O) groups excluding carboxylic acids is 3. The highest BCUT2D eigenvalue weighted by atomic mass is 32.2. The quantitative estimate of drug-likeness (QED) is 0.0912. The Morgan fingerprint density at radius 2 is 1.33 bits per heavy atom. The van der Waals surface area contributed by atoms with Gasteiger partial charge in [-0.05, 0) is 33.6 Å². The second-order valence-electron chi connectivity index (χ2n) is 9.53. The molecule has 0 saturated carbocycles. The van der Waals surface area contributed by atoms with E-state index < -0.39 is 23.2 Å². The standard InChI is InChI=1S/C32H27N2O6PS/c1-23(35)42-30-21-29(36)33(30)31(32(37)40-22-24-17-19-25(20-18-24)34(38)39)41(26-11-5-2-6-12-26,27-13-7-3-8-14-27)28-15-9-4-10-16-28/h2-20,30H,21-22H2,1H3/t30-/m1/s1. The second kappa shape index (κ2) is 12.6. The van der Waals surface area contributed by atoms with Crippen LogP contribution in [0, 0.1) is 10.1 Å². The summed E-state index contributed by atoms with van der Waals surface area (Å²) in [5.74, 6) is -0.969. The van der Waals surface area contributed by atoms with E-state index in [-0.39, 0.29) is 35.2 Å². The maximum atomic E-state index is 14.4. The van der Waals surface area contributed by atoms with Crippen molar-refractivity contribution in [3.63, 3.8) is 0 Å². The third-order valence-electron chi connectivity index (χ3n) is 6.88. The summed E-state index contributed by atoms with van der Waals surface area (Å²) in [7, 11) is 0. The first kappa shape index (κ1) is 29.0. The molecule has 0 aliphatic carbocycles. The van der Waals surface area contributed by atoms with Gasteiger partial charge in [0, 0.05) is 25.9 Å². The topological polar surface area (TPSA) is 107 Å². The zero-order valence-corrected chi connectivity index (χ0v) is 24.4. The fourth-order valence-corrected chi connectivity index (χ4v) is 10.4. The molecule has 10 heteroatoms. The van der Waals surface area contributed by atoms with Crippen molar-refractivity contribution in [2.24, 2.45) is 0 Å². The monoisotopic (exact) mass is 598 g/mol. The number of hydrogen-bond acceptors (Lipinski definition) is 7. The summed E-state index contributed by atoms with van der Waals surface area (Å²) in [5.41, 5.74) is 0.666. The average Bonchev–Trinajstić information content (AvgIpc) is 3.01. The molecule has 4 aromatic carbocycles. The molecule has 1 atom stereocenters.